The molecule has 7 nitrogen and oxygen atoms in total. The van der Waals surface area contributed by atoms with Gasteiger partial charge >= 0.3 is 5.97 Å². The van der Waals surface area contributed by atoms with Gasteiger partial charge in [-0.1, -0.05) is 12.1 Å². The molecule has 0 aliphatic rings. The molecule has 102 valence electrons. The molecule has 0 unspecified atom stereocenters. The van der Waals surface area contributed by atoms with Gasteiger partial charge in [0.05, 0.1) is 12.0 Å². The zero-order chi connectivity index (χ0) is 14.4. The zero-order valence-corrected chi connectivity index (χ0v) is 10.4. The molecule has 7 heteroatoms. The lowest BCUT2D eigenvalue weighted by Gasteiger charge is -2.15. The predicted octanol–water partition coefficient (Wildman–Crippen LogP) is 1.79. The van der Waals surface area contributed by atoms with Gasteiger partial charge in [-0.05, 0) is 13.0 Å². The molecular weight excluding hydrogens is 254 g/mol. The minimum atomic E-state index is -1.14. The number of nitrogens with zero attached hydrogens (tertiary/aromatic N) is 1. The number of aliphatic carboxylic acids is 1. The van der Waals surface area contributed by atoms with Crippen LogP contribution in [0, 0.1) is 10.1 Å². The van der Waals surface area contributed by atoms with Crippen molar-refractivity contribution in [2.24, 2.45) is 0 Å². The molecule has 1 aromatic rings. The number of hydrogen-bond donors (Lipinski definition) is 1. The van der Waals surface area contributed by atoms with E-state index >= 15 is 0 Å². The van der Waals surface area contributed by atoms with E-state index in [0.717, 1.165) is 6.20 Å². The molecule has 1 aromatic carbocycles. The van der Waals surface area contributed by atoms with Gasteiger partial charge in [0.1, 0.15) is 0 Å². The molecule has 1 N–H and O–H groups in total. The van der Waals surface area contributed by atoms with Crippen molar-refractivity contribution in [3.05, 3.63) is 40.1 Å². The summed E-state index contributed by atoms with van der Waals surface area (Å²) in [5.41, 5.74) is 0.365. The van der Waals surface area contributed by atoms with Crippen molar-refractivity contribution in [3.63, 3.8) is 0 Å². The highest BCUT2D eigenvalue weighted by Crippen LogP contribution is 2.32. The number of ether oxygens (including phenoxy) is 2. The first-order chi connectivity index (χ1) is 8.95. The van der Waals surface area contributed by atoms with Crippen molar-refractivity contribution < 1.29 is 24.3 Å². The molecule has 0 spiro atoms. The lowest BCUT2D eigenvalue weighted by Crippen LogP contribution is -2.23. The average Bonchev–Trinajstić information content (AvgIpc) is 2.36. The third kappa shape index (κ3) is 3.98. The summed E-state index contributed by atoms with van der Waals surface area (Å²) < 4.78 is 10.3. The SMILES string of the molecule is COc1cccc(/C=C\[N+](=O)[O-])c1O[C@@H](C)C(=O)O. The fourth-order valence-corrected chi connectivity index (χ4v) is 1.32. The Hall–Kier alpha value is -2.57. The van der Waals surface area contributed by atoms with Gasteiger partial charge in [-0.3, -0.25) is 10.1 Å². The molecule has 0 aromatic heterocycles. The standard InChI is InChI=1S/C12H13NO6/c1-8(12(14)15)19-11-9(6-7-13(16)17)4-3-5-10(11)18-2/h3-8H,1-2H3,(H,14,15)/b7-6-/t8-/m0/s1. The lowest BCUT2D eigenvalue weighted by molar-refractivity contribution is -0.400. The second-order valence-electron chi connectivity index (χ2n) is 3.58. The molecular formula is C12H13NO6. The van der Waals surface area contributed by atoms with Crippen LogP contribution in [0.4, 0.5) is 0 Å². The summed E-state index contributed by atoms with van der Waals surface area (Å²) in [6, 6.07) is 4.76. The number of carbonyl (C=O) groups is 1. The van der Waals surface area contributed by atoms with E-state index in [0.29, 0.717) is 11.3 Å². The molecule has 0 heterocycles. The number of benzene rings is 1. The number of para-hydroxylation sites is 1. The number of rotatable bonds is 6. The molecule has 1 atom stereocenters. The van der Waals surface area contributed by atoms with E-state index in [4.69, 9.17) is 14.6 Å². The summed E-state index contributed by atoms with van der Waals surface area (Å²) in [5.74, 6) is -0.688. The van der Waals surface area contributed by atoms with Crippen LogP contribution < -0.4 is 9.47 Å². The van der Waals surface area contributed by atoms with Crippen molar-refractivity contribution in [1.82, 2.24) is 0 Å². The van der Waals surface area contributed by atoms with Gasteiger partial charge in [0.2, 0.25) is 6.20 Å². The van der Waals surface area contributed by atoms with E-state index in [2.05, 4.69) is 0 Å². The predicted molar refractivity (Wildman–Crippen MR) is 66.7 cm³/mol. The topological polar surface area (TPSA) is 98.9 Å². The number of nitro groups is 1. The van der Waals surface area contributed by atoms with E-state index in [1.54, 1.807) is 18.2 Å². The van der Waals surface area contributed by atoms with Gasteiger partial charge < -0.3 is 14.6 Å². The first kappa shape index (κ1) is 14.5. The van der Waals surface area contributed by atoms with Crippen LogP contribution in [-0.2, 0) is 4.79 Å². The van der Waals surface area contributed by atoms with Crippen LogP contribution in [0.2, 0.25) is 0 Å². The third-order valence-corrected chi connectivity index (χ3v) is 2.25. The van der Waals surface area contributed by atoms with Crippen LogP contribution in [0.3, 0.4) is 0 Å². The fraction of sp³-hybridized carbons (Fsp3) is 0.250. The normalized spacial score (nSPS) is 12.1. The van der Waals surface area contributed by atoms with Crippen LogP contribution in [0.25, 0.3) is 6.08 Å². The maximum absolute atomic E-state index is 10.8. The van der Waals surface area contributed by atoms with Crippen molar-refractivity contribution in [1.29, 1.82) is 0 Å². The van der Waals surface area contributed by atoms with Crippen LogP contribution in [0.1, 0.15) is 12.5 Å². The Bertz CT molecular complexity index is 511. The monoisotopic (exact) mass is 267 g/mol. The van der Waals surface area contributed by atoms with Gasteiger partial charge in [-0.25, -0.2) is 4.79 Å². The average molecular weight is 267 g/mol. The van der Waals surface area contributed by atoms with E-state index in [1.807, 2.05) is 0 Å². The maximum Gasteiger partial charge on any atom is 0.344 e. The Balaban J connectivity index is 3.16. The lowest BCUT2D eigenvalue weighted by atomic mass is 10.2. The summed E-state index contributed by atoms with van der Waals surface area (Å²) >= 11 is 0. The van der Waals surface area contributed by atoms with Crippen LogP contribution in [0.15, 0.2) is 24.4 Å². The molecule has 1 rings (SSSR count). The van der Waals surface area contributed by atoms with E-state index in [1.165, 1.54) is 20.1 Å². The Morgan fingerprint density at radius 3 is 2.74 bits per heavy atom. The molecule has 0 amide bonds. The van der Waals surface area contributed by atoms with Crippen molar-refractivity contribution >= 4 is 12.0 Å². The summed E-state index contributed by atoms with van der Waals surface area (Å²) in [6.07, 6.45) is 0.860. The first-order valence-corrected chi connectivity index (χ1v) is 5.34. The molecule has 0 fully saturated rings. The van der Waals surface area contributed by atoms with Crippen molar-refractivity contribution in [2.75, 3.05) is 7.11 Å². The molecule has 0 aliphatic heterocycles. The number of carboxylic acids is 1. The molecule has 0 bridgehead atoms. The van der Waals surface area contributed by atoms with E-state index in [-0.39, 0.29) is 5.75 Å². The van der Waals surface area contributed by atoms with Crippen molar-refractivity contribution in [2.45, 2.75) is 13.0 Å². The summed E-state index contributed by atoms with van der Waals surface area (Å²) in [7, 11) is 1.40. The Morgan fingerprint density at radius 2 is 2.21 bits per heavy atom. The minimum absolute atomic E-state index is 0.151. The molecule has 19 heavy (non-hydrogen) atoms. The molecule has 0 radical (unpaired) electrons. The van der Waals surface area contributed by atoms with Crippen molar-refractivity contribution in [3.8, 4) is 11.5 Å². The van der Waals surface area contributed by atoms with E-state index < -0.39 is 17.0 Å². The fourth-order valence-electron chi connectivity index (χ4n) is 1.32. The molecule has 0 saturated carbocycles. The first-order valence-electron chi connectivity index (χ1n) is 5.34. The Labute approximate surface area is 109 Å². The van der Waals surface area contributed by atoms with Crippen LogP contribution in [-0.4, -0.2) is 29.2 Å². The highest BCUT2D eigenvalue weighted by atomic mass is 16.6. The second kappa shape index (κ2) is 6.39. The van der Waals surface area contributed by atoms with Crippen LogP contribution in [0.5, 0.6) is 11.5 Å². The highest BCUT2D eigenvalue weighted by molar-refractivity contribution is 5.73. The molecule has 0 saturated heterocycles. The quantitative estimate of drug-likeness (QED) is 0.623. The highest BCUT2D eigenvalue weighted by Gasteiger charge is 2.17. The smallest absolute Gasteiger partial charge is 0.344 e. The van der Waals surface area contributed by atoms with Crippen LogP contribution >= 0.6 is 0 Å². The summed E-state index contributed by atoms with van der Waals surface area (Å²) in [6.45, 7) is 1.36. The minimum Gasteiger partial charge on any atom is -0.493 e. The van der Waals surface area contributed by atoms with Gasteiger partial charge in [0, 0.05) is 11.6 Å². The Kier molecular flexibility index (Phi) is 4.87. The van der Waals surface area contributed by atoms with Gasteiger partial charge in [0.15, 0.2) is 17.6 Å². The van der Waals surface area contributed by atoms with Gasteiger partial charge in [-0.15, -0.1) is 0 Å². The summed E-state index contributed by atoms with van der Waals surface area (Å²) in [5, 5.41) is 19.1. The number of hydrogen-bond acceptors (Lipinski definition) is 5. The second-order valence-corrected chi connectivity index (χ2v) is 3.58. The van der Waals surface area contributed by atoms with Gasteiger partial charge in [-0.2, -0.15) is 0 Å². The molecule has 0 aliphatic carbocycles. The van der Waals surface area contributed by atoms with E-state index in [9.17, 15) is 14.9 Å². The third-order valence-electron chi connectivity index (χ3n) is 2.25. The number of carboxylic acid groups (broad SMARTS) is 1. The Morgan fingerprint density at radius 1 is 1.53 bits per heavy atom. The van der Waals surface area contributed by atoms with Gasteiger partial charge in [0.25, 0.3) is 0 Å². The largest absolute Gasteiger partial charge is 0.493 e. The number of methoxy groups -OCH3 is 1. The zero-order valence-electron chi connectivity index (χ0n) is 10.4. The summed E-state index contributed by atoms with van der Waals surface area (Å²) in [4.78, 5) is 20.5. The maximum atomic E-state index is 10.8.